The van der Waals surface area contributed by atoms with E-state index in [0.717, 1.165) is 24.0 Å². The molecule has 1 aliphatic rings. The predicted octanol–water partition coefficient (Wildman–Crippen LogP) is 4.77. The number of benzene rings is 1. The first-order valence-corrected chi connectivity index (χ1v) is 10.8. The van der Waals surface area contributed by atoms with Crippen LogP contribution in [-0.4, -0.2) is 23.4 Å². The molecule has 1 aromatic carbocycles. The third-order valence-electron chi connectivity index (χ3n) is 5.23. The highest BCUT2D eigenvalue weighted by Gasteiger charge is 2.18. The second-order valence-corrected chi connectivity index (χ2v) is 8.29. The molecule has 5 nitrogen and oxygen atoms in total. The van der Waals surface area contributed by atoms with Crippen molar-refractivity contribution in [1.82, 2.24) is 4.57 Å². The van der Waals surface area contributed by atoms with Gasteiger partial charge in [0.25, 0.3) is 5.56 Å². The second kappa shape index (κ2) is 10.6. The molecule has 1 heterocycles. The van der Waals surface area contributed by atoms with Crippen LogP contribution in [0, 0.1) is 5.92 Å². The summed E-state index contributed by atoms with van der Waals surface area (Å²) < 4.78 is 6.26. The molecular formula is C24H23Cl2NO4. The number of aromatic nitrogens is 1. The average Bonchev–Trinajstić information content (AvgIpc) is 2.93. The topological polar surface area (TPSA) is 65.4 Å². The Balaban J connectivity index is 1.62. The summed E-state index contributed by atoms with van der Waals surface area (Å²) in [6, 6.07) is 8.64. The molecule has 31 heavy (non-hydrogen) atoms. The maximum Gasteiger partial charge on any atom is 0.337 e. The molecule has 1 aliphatic carbocycles. The zero-order chi connectivity index (χ0) is 22.4. The third-order valence-corrected chi connectivity index (χ3v) is 5.93. The van der Waals surface area contributed by atoms with Crippen molar-refractivity contribution in [2.45, 2.75) is 32.2 Å². The lowest BCUT2D eigenvalue weighted by molar-refractivity contribution is -0.135. The summed E-state index contributed by atoms with van der Waals surface area (Å²) in [6.07, 6.45) is 9.26. The lowest BCUT2D eigenvalue weighted by atomic mass is 9.95. The van der Waals surface area contributed by atoms with Gasteiger partial charge in [0.2, 0.25) is 0 Å². The Morgan fingerprint density at radius 1 is 1.16 bits per heavy atom. The van der Waals surface area contributed by atoms with Gasteiger partial charge in [-0.3, -0.25) is 9.59 Å². The van der Waals surface area contributed by atoms with E-state index in [1.54, 1.807) is 35.0 Å². The lowest BCUT2D eigenvalue weighted by Gasteiger charge is -2.13. The van der Waals surface area contributed by atoms with Crippen LogP contribution in [0.3, 0.4) is 0 Å². The number of rotatable bonds is 7. The van der Waals surface area contributed by atoms with E-state index in [4.69, 9.17) is 23.2 Å². The van der Waals surface area contributed by atoms with Crippen LogP contribution in [0.15, 0.2) is 65.1 Å². The molecule has 0 saturated carbocycles. The number of ketones is 1. The van der Waals surface area contributed by atoms with Gasteiger partial charge in [0, 0.05) is 28.7 Å². The summed E-state index contributed by atoms with van der Waals surface area (Å²) in [5.74, 6) is -0.550. The van der Waals surface area contributed by atoms with Gasteiger partial charge in [-0.25, -0.2) is 4.79 Å². The molecule has 1 aromatic heterocycles. The average molecular weight is 460 g/mol. The number of hydrogen-bond acceptors (Lipinski definition) is 4. The van der Waals surface area contributed by atoms with E-state index in [1.807, 2.05) is 12.1 Å². The number of aryl methyl sites for hydroxylation is 1. The van der Waals surface area contributed by atoms with Crippen LogP contribution >= 0.6 is 23.2 Å². The number of esters is 1. The Bertz CT molecular complexity index is 1100. The van der Waals surface area contributed by atoms with Gasteiger partial charge in [0.1, 0.15) is 0 Å². The number of carbonyl (C=O) groups excluding carboxylic acids is 2. The minimum atomic E-state index is -0.510. The number of pyridine rings is 1. The molecule has 162 valence electrons. The number of nitrogens with zero attached hydrogens (tertiary/aromatic N) is 1. The first-order chi connectivity index (χ1) is 14.9. The maximum absolute atomic E-state index is 12.1. The minimum Gasteiger partial charge on any atom is -0.465 e. The van der Waals surface area contributed by atoms with Crippen LogP contribution in [0.2, 0.25) is 10.0 Å². The summed E-state index contributed by atoms with van der Waals surface area (Å²) in [7, 11) is 1.29. The summed E-state index contributed by atoms with van der Waals surface area (Å²) in [6.45, 7) is 0.350. The highest BCUT2D eigenvalue weighted by atomic mass is 35.5. The fourth-order valence-electron chi connectivity index (χ4n) is 3.56. The molecule has 1 atom stereocenters. The highest BCUT2D eigenvalue weighted by Crippen LogP contribution is 2.28. The molecule has 0 bridgehead atoms. The molecular weight excluding hydrogens is 437 g/mol. The maximum atomic E-state index is 12.1. The van der Waals surface area contributed by atoms with Gasteiger partial charge in [-0.15, -0.1) is 0 Å². The second-order valence-electron chi connectivity index (χ2n) is 7.47. The van der Waals surface area contributed by atoms with E-state index >= 15 is 0 Å². The SMILES string of the molecule is COC(=O)C1=CC(=O)CC(CCCc2cc(Cl)c(Cn3ccccc3=O)cc2Cl)C=C1. The Morgan fingerprint density at radius 3 is 2.65 bits per heavy atom. The smallest absolute Gasteiger partial charge is 0.337 e. The largest absolute Gasteiger partial charge is 0.465 e. The van der Waals surface area contributed by atoms with Crippen molar-refractivity contribution in [2.75, 3.05) is 7.11 Å². The van der Waals surface area contributed by atoms with Gasteiger partial charge in [0.15, 0.2) is 5.78 Å². The van der Waals surface area contributed by atoms with Gasteiger partial charge in [-0.05, 0) is 60.6 Å². The van der Waals surface area contributed by atoms with Crippen molar-refractivity contribution < 1.29 is 14.3 Å². The molecule has 0 amide bonds. The number of ether oxygens (including phenoxy) is 1. The Kier molecular flexibility index (Phi) is 7.88. The van der Waals surface area contributed by atoms with Crippen LogP contribution < -0.4 is 5.56 Å². The Labute approximate surface area is 190 Å². The van der Waals surface area contributed by atoms with Gasteiger partial charge in [0.05, 0.1) is 19.2 Å². The van der Waals surface area contributed by atoms with Crippen molar-refractivity contribution in [3.63, 3.8) is 0 Å². The standard InChI is InChI=1S/C24H23Cl2NO4/c1-31-24(30)18-9-8-16(11-20(28)12-18)5-4-6-17-13-22(26)19(14-21(17)25)15-27-10-3-2-7-23(27)29/h2-3,7-10,12-14,16H,4-6,11,15H2,1H3. The molecule has 0 aliphatic heterocycles. The summed E-state index contributed by atoms with van der Waals surface area (Å²) >= 11 is 12.9. The molecule has 3 rings (SSSR count). The quantitative estimate of drug-likeness (QED) is 0.559. The molecule has 0 N–H and O–H groups in total. The molecule has 0 fully saturated rings. The minimum absolute atomic E-state index is 0.0457. The normalized spacial score (nSPS) is 16.0. The van der Waals surface area contributed by atoms with E-state index in [-0.39, 0.29) is 22.8 Å². The van der Waals surface area contributed by atoms with Crippen LogP contribution in [0.1, 0.15) is 30.4 Å². The zero-order valence-corrected chi connectivity index (χ0v) is 18.7. The number of methoxy groups -OCH3 is 1. The fraction of sp³-hybridized carbons (Fsp3) is 0.292. The Hall–Kier alpha value is -2.63. The van der Waals surface area contributed by atoms with Crippen LogP contribution in [0.25, 0.3) is 0 Å². The van der Waals surface area contributed by atoms with Crippen molar-refractivity contribution in [3.8, 4) is 0 Å². The summed E-state index contributed by atoms with van der Waals surface area (Å²) in [4.78, 5) is 35.7. The van der Waals surface area contributed by atoms with E-state index in [0.29, 0.717) is 29.4 Å². The van der Waals surface area contributed by atoms with Crippen molar-refractivity contribution in [3.05, 3.63) is 91.9 Å². The Morgan fingerprint density at radius 2 is 1.90 bits per heavy atom. The summed E-state index contributed by atoms with van der Waals surface area (Å²) in [5, 5.41) is 1.16. The molecule has 7 heteroatoms. The van der Waals surface area contributed by atoms with Crippen LogP contribution in [0.5, 0.6) is 0 Å². The molecule has 2 aromatic rings. The number of hydrogen-bond donors (Lipinski definition) is 0. The molecule has 0 spiro atoms. The lowest BCUT2D eigenvalue weighted by Crippen LogP contribution is -2.18. The first kappa shape index (κ1) is 23.0. The van der Waals surface area contributed by atoms with Gasteiger partial charge in [-0.1, -0.05) is 41.4 Å². The van der Waals surface area contributed by atoms with Crippen LogP contribution in [-0.2, 0) is 27.3 Å². The first-order valence-electron chi connectivity index (χ1n) is 10.0. The number of carbonyl (C=O) groups is 2. The number of allylic oxidation sites excluding steroid dienone is 2. The predicted molar refractivity (Wildman–Crippen MR) is 122 cm³/mol. The van der Waals surface area contributed by atoms with Gasteiger partial charge in [-0.2, -0.15) is 0 Å². The van der Waals surface area contributed by atoms with E-state index in [2.05, 4.69) is 4.74 Å². The number of halogens is 2. The van der Waals surface area contributed by atoms with Crippen molar-refractivity contribution in [1.29, 1.82) is 0 Å². The molecule has 1 unspecified atom stereocenters. The van der Waals surface area contributed by atoms with Crippen LogP contribution in [0.4, 0.5) is 0 Å². The monoisotopic (exact) mass is 459 g/mol. The third kappa shape index (κ3) is 6.18. The highest BCUT2D eigenvalue weighted by molar-refractivity contribution is 6.34. The summed E-state index contributed by atoms with van der Waals surface area (Å²) in [5.41, 5.74) is 1.88. The van der Waals surface area contributed by atoms with Crippen molar-refractivity contribution in [2.24, 2.45) is 5.92 Å². The molecule has 0 radical (unpaired) electrons. The van der Waals surface area contributed by atoms with E-state index in [9.17, 15) is 14.4 Å². The van der Waals surface area contributed by atoms with E-state index in [1.165, 1.54) is 19.3 Å². The molecule has 0 saturated heterocycles. The van der Waals surface area contributed by atoms with Gasteiger partial charge >= 0.3 is 5.97 Å². The van der Waals surface area contributed by atoms with Crippen molar-refractivity contribution >= 4 is 35.0 Å². The van der Waals surface area contributed by atoms with Gasteiger partial charge < -0.3 is 9.30 Å². The fourth-order valence-corrected chi connectivity index (χ4v) is 4.09. The zero-order valence-electron chi connectivity index (χ0n) is 17.1. The van der Waals surface area contributed by atoms with E-state index < -0.39 is 5.97 Å².